The fourth-order valence-corrected chi connectivity index (χ4v) is 2.03. The minimum atomic E-state index is -1.01. The largest absolute Gasteiger partial charge is 0.489 e. The van der Waals surface area contributed by atoms with Gasteiger partial charge in [0.1, 0.15) is 12.4 Å². The van der Waals surface area contributed by atoms with Crippen molar-refractivity contribution < 1.29 is 14.6 Å². The molecule has 0 heterocycles. The molecule has 3 heteroatoms. The minimum Gasteiger partial charge on any atom is -0.489 e. The van der Waals surface area contributed by atoms with Gasteiger partial charge in [-0.25, -0.2) is 4.79 Å². The van der Waals surface area contributed by atoms with Crippen LogP contribution in [0.1, 0.15) is 24.0 Å². The Bertz CT molecular complexity index is 449. The molecule has 0 bridgehead atoms. The number of aliphatic carboxylic acids is 1. The Morgan fingerprint density at radius 1 is 1.29 bits per heavy atom. The summed E-state index contributed by atoms with van der Waals surface area (Å²) in [4.78, 5) is 10.6. The molecule has 3 nitrogen and oxygen atoms in total. The number of fused-ring (bicyclic) bond motifs is 1. The number of ether oxygens (including phenoxy) is 1. The Kier molecular flexibility index (Phi) is 3.47. The Morgan fingerprint density at radius 3 is 2.71 bits per heavy atom. The summed E-state index contributed by atoms with van der Waals surface area (Å²) in [5.41, 5.74) is 2.79. The van der Waals surface area contributed by atoms with E-state index in [9.17, 15) is 4.79 Å². The maximum atomic E-state index is 10.6. The Hall–Kier alpha value is -1.77. The number of hydrogen-bond donors (Lipinski definition) is 1. The Labute approximate surface area is 101 Å². The highest BCUT2D eigenvalue weighted by Gasteiger charge is 2.10. The summed E-state index contributed by atoms with van der Waals surface area (Å²) < 4.78 is 5.41. The average Bonchev–Trinajstić information content (AvgIpc) is 2.35. The van der Waals surface area contributed by atoms with Gasteiger partial charge in [-0.2, -0.15) is 0 Å². The zero-order valence-corrected chi connectivity index (χ0v) is 9.74. The van der Waals surface area contributed by atoms with E-state index in [0.717, 1.165) is 18.6 Å². The van der Waals surface area contributed by atoms with Crippen LogP contribution in [0.4, 0.5) is 0 Å². The summed E-state index contributed by atoms with van der Waals surface area (Å²) in [5, 5.41) is 8.67. The number of aryl methyl sites for hydroxylation is 2. The number of rotatable bonds is 4. The molecule has 1 aromatic carbocycles. The first-order valence-corrected chi connectivity index (χ1v) is 5.82. The van der Waals surface area contributed by atoms with Gasteiger partial charge < -0.3 is 9.84 Å². The molecule has 1 N–H and O–H groups in total. The average molecular weight is 232 g/mol. The van der Waals surface area contributed by atoms with Crippen molar-refractivity contribution in [3.05, 3.63) is 41.5 Å². The van der Waals surface area contributed by atoms with E-state index in [1.165, 1.54) is 24.0 Å². The lowest BCUT2D eigenvalue weighted by Gasteiger charge is -2.16. The van der Waals surface area contributed by atoms with Crippen LogP contribution in [0.15, 0.2) is 30.4 Å². The van der Waals surface area contributed by atoms with E-state index in [1.807, 2.05) is 12.1 Å². The summed E-state index contributed by atoms with van der Waals surface area (Å²) >= 11 is 0. The van der Waals surface area contributed by atoms with Gasteiger partial charge in [0.15, 0.2) is 0 Å². The van der Waals surface area contributed by atoms with Crippen molar-refractivity contribution in [2.45, 2.75) is 25.7 Å². The molecule has 0 saturated carbocycles. The van der Waals surface area contributed by atoms with Crippen molar-refractivity contribution in [1.82, 2.24) is 0 Å². The van der Waals surface area contributed by atoms with Crippen LogP contribution in [-0.2, 0) is 17.6 Å². The molecule has 0 spiro atoms. The summed E-state index contributed by atoms with van der Waals surface area (Å²) in [5.74, 6) is -0.281. The van der Waals surface area contributed by atoms with Gasteiger partial charge >= 0.3 is 5.97 Å². The third kappa shape index (κ3) is 2.87. The van der Waals surface area contributed by atoms with Gasteiger partial charge in [0, 0.05) is 0 Å². The molecule has 2 rings (SSSR count). The molecule has 1 aromatic rings. The summed E-state index contributed by atoms with van der Waals surface area (Å²) in [6.07, 6.45) is 4.70. The monoisotopic (exact) mass is 232 g/mol. The van der Waals surface area contributed by atoms with Crippen molar-refractivity contribution in [2.75, 3.05) is 6.61 Å². The van der Waals surface area contributed by atoms with Gasteiger partial charge in [0.25, 0.3) is 0 Å². The molecule has 0 radical (unpaired) electrons. The normalized spacial score (nSPS) is 13.9. The number of carboxylic acid groups (broad SMARTS) is 1. The number of carboxylic acids is 1. The number of benzene rings is 1. The predicted molar refractivity (Wildman–Crippen MR) is 65.4 cm³/mol. The van der Waals surface area contributed by atoms with Crippen molar-refractivity contribution in [3.63, 3.8) is 0 Å². The zero-order valence-electron chi connectivity index (χ0n) is 9.74. The first-order valence-electron chi connectivity index (χ1n) is 5.82. The third-order valence-corrected chi connectivity index (χ3v) is 3.04. The SMILES string of the molecule is C=C(COc1ccc2c(c1)CCCC2)C(=O)O. The molecule has 0 unspecified atom stereocenters. The van der Waals surface area contributed by atoms with Crippen LogP contribution >= 0.6 is 0 Å². The zero-order chi connectivity index (χ0) is 12.3. The van der Waals surface area contributed by atoms with E-state index in [0.29, 0.717) is 0 Å². The van der Waals surface area contributed by atoms with Crippen molar-refractivity contribution in [1.29, 1.82) is 0 Å². The van der Waals surface area contributed by atoms with E-state index >= 15 is 0 Å². The summed E-state index contributed by atoms with van der Waals surface area (Å²) in [6.45, 7) is 3.47. The Morgan fingerprint density at radius 2 is 2.00 bits per heavy atom. The van der Waals surface area contributed by atoms with Crippen LogP contribution in [0.5, 0.6) is 5.75 Å². The highest BCUT2D eigenvalue weighted by atomic mass is 16.5. The molecule has 0 aromatic heterocycles. The van der Waals surface area contributed by atoms with Gasteiger partial charge in [0.2, 0.25) is 0 Å². The molecule has 1 aliphatic rings. The van der Waals surface area contributed by atoms with Crippen LogP contribution in [0.2, 0.25) is 0 Å². The lowest BCUT2D eigenvalue weighted by molar-refractivity contribution is -0.133. The quantitative estimate of drug-likeness (QED) is 0.811. The maximum absolute atomic E-state index is 10.6. The van der Waals surface area contributed by atoms with Gasteiger partial charge in [-0.05, 0) is 48.9 Å². The van der Waals surface area contributed by atoms with Crippen molar-refractivity contribution in [2.24, 2.45) is 0 Å². The van der Waals surface area contributed by atoms with Crippen LogP contribution in [0, 0.1) is 0 Å². The highest BCUT2D eigenvalue weighted by molar-refractivity contribution is 5.86. The highest BCUT2D eigenvalue weighted by Crippen LogP contribution is 2.25. The second kappa shape index (κ2) is 5.04. The van der Waals surface area contributed by atoms with Crippen LogP contribution < -0.4 is 4.74 Å². The smallest absolute Gasteiger partial charge is 0.334 e. The third-order valence-electron chi connectivity index (χ3n) is 3.04. The van der Waals surface area contributed by atoms with Crippen molar-refractivity contribution >= 4 is 5.97 Å². The van der Waals surface area contributed by atoms with Gasteiger partial charge in [-0.15, -0.1) is 0 Å². The van der Waals surface area contributed by atoms with E-state index in [-0.39, 0.29) is 12.2 Å². The van der Waals surface area contributed by atoms with E-state index < -0.39 is 5.97 Å². The molecule has 0 saturated heterocycles. The van der Waals surface area contributed by atoms with Crippen molar-refractivity contribution in [3.8, 4) is 5.75 Å². The molecular weight excluding hydrogens is 216 g/mol. The topological polar surface area (TPSA) is 46.5 Å². The van der Waals surface area contributed by atoms with Gasteiger partial charge in [-0.3, -0.25) is 0 Å². The van der Waals surface area contributed by atoms with Crippen LogP contribution in [0.25, 0.3) is 0 Å². The maximum Gasteiger partial charge on any atom is 0.334 e. The lowest BCUT2D eigenvalue weighted by atomic mass is 9.92. The Balaban J connectivity index is 2.02. The second-order valence-electron chi connectivity index (χ2n) is 4.34. The van der Waals surface area contributed by atoms with E-state index in [1.54, 1.807) is 0 Å². The lowest BCUT2D eigenvalue weighted by Crippen LogP contribution is -2.09. The molecule has 0 fully saturated rings. The molecule has 1 aliphatic carbocycles. The molecule has 0 aliphatic heterocycles. The number of hydrogen-bond acceptors (Lipinski definition) is 2. The van der Waals surface area contributed by atoms with E-state index in [4.69, 9.17) is 9.84 Å². The van der Waals surface area contributed by atoms with E-state index in [2.05, 4.69) is 12.6 Å². The van der Waals surface area contributed by atoms with Gasteiger partial charge in [0.05, 0.1) is 5.57 Å². The minimum absolute atomic E-state index is 0.0358. The summed E-state index contributed by atoms with van der Waals surface area (Å²) in [7, 11) is 0. The molecule has 90 valence electrons. The standard InChI is InChI=1S/C14H16O3/c1-10(14(15)16)9-17-13-7-6-11-4-2-3-5-12(11)8-13/h6-8H,1-5,9H2,(H,15,16). The first-order chi connectivity index (χ1) is 8.16. The van der Waals surface area contributed by atoms with Gasteiger partial charge in [-0.1, -0.05) is 12.6 Å². The second-order valence-corrected chi connectivity index (χ2v) is 4.34. The summed E-state index contributed by atoms with van der Waals surface area (Å²) in [6, 6.07) is 6.00. The molecule has 17 heavy (non-hydrogen) atoms. The predicted octanol–water partition coefficient (Wildman–Crippen LogP) is 2.58. The molecule has 0 atom stereocenters. The molecular formula is C14H16O3. The fraction of sp³-hybridized carbons (Fsp3) is 0.357. The number of carbonyl (C=O) groups is 1. The van der Waals surface area contributed by atoms with Crippen LogP contribution in [0.3, 0.4) is 0 Å². The first kappa shape index (κ1) is 11.7. The molecule has 0 amide bonds. The van der Waals surface area contributed by atoms with Crippen LogP contribution in [-0.4, -0.2) is 17.7 Å². The fourth-order valence-electron chi connectivity index (χ4n) is 2.03.